The van der Waals surface area contributed by atoms with Crippen LogP contribution in [0.2, 0.25) is 0 Å². The summed E-state index contributed by atoms with van der Waals surface area (Å²) in [7, 11) is -11.3. The number of anilines is 1. The third-order valence-electron chi connectivity index (χ3n) is 6.73. The molecule has 0 saturated carbocycles. The van der Waals surface area contributed by atoms with Crippen LogP contribution in [0.4, 0.5) is 5.82 Å². The van der Waals surface area contributed by atoms with Crippen LogP contribution in [0.1, 0.15) is 18.0 Å². The summed E-state index contributed by atoms with van der Waals surface area (Å²) in [5, 5.41) is 41.6. The predicted octanol–water partition coefficient (Wildman–Crippen LogP) is -3.74. The maximum Gasteiger partial charge on any atom is 0.292 e. The van der Waals surface area contributed by atoms with Gasteiger partial charge in [-0.05, 0) is 6.07 Å². The Morgan fingerprint density at radius 3 is 2.32 bits per heavy atom. The first-order valence-electron chi connectivity index (χ1n) is 12.6. The lowest BCUT2D eigenvalue weighted by Crippen LogP contribution is -2.46. The molecule has 10 atom stereocenters. The zero-order valence-electron chi connectivity index (χ0n) is 22.2. The van der Waals surface area contributed by atoms with Crippen LogP contribution >= 0.6 is 27.9 Å². The largest absolute Gasteiger partial charge is 0.756 e. The SMILES string of the molecule is NC(=S)c1ccc[n+]([C@@H]2O[C@H](COP(=O)([O-])OP(=O)([O-])OC[C@H]3O[C@@H](n4cnc5c(N)ncnc54)[C@H](O)[C@@H]3O)[C@@H](O)[C@H]2O)c1. The molecule has 0 aliphatic carbocycles. The highest BCUT2D eigenvalue weighted by Crippen LogP contribution is 2.56. The van der Waals surface area contributed by atoms with Gasteiger partial charge in [0.25, 0.3) is 21.9 Å². The molecular formula is C21H26N7O13P2S-. The van der Waals surface area contributed by atoms with Crippen LogP contribution in [0.25, 0.3) is 11.2 Å². The molecule has 2 fully saturated rings. The minimum absolute atomic E-state index is 0.0432. The first kappa shape index (κ1) is 32.8. The van der Waals surface area contributed by atoms with Gasteiger partial charge in [-0.1, -0.05) is 12.2 Å². The van der Waals surface area contributed by atoms with E-state index in [0.717, 1.165) is 6.33 Å². The van der Waals surface area contributed by atoms with Crippen molar-refractivity contribution in [3.8, 4) is 0 Å². The number of aromatic nitrogens is 5. The van der Waals surface area contributed by atoms with E-state index >= 15 is 0 Å². The summed E-state index contributed by atoms with van der Waals surface area (Å²) < 4.78 is 51.4. The van der Waals surface area contributed by atoms with Crippen molar-refractivity contribution in [1.29, 1.82) is 0 Å². The van der Waals surface area contributed by atoms with E-state index in [4.69, 9.17) is 33.2 Å². The van der Waals surface area contributed by atoms with Crippen LogP contribution in [0, 0.1) is 0 Å². The van der Waals surface area contributed by atoms with Crippen LogP contribution in [-0.2, 0) is 32.0 Å². The monoisotopic (exact) mass is 678 g/mol. The lowest BCUT2D eigenvalue weighted by molar-refractivity contribution is -0.765. The highest BCUT2D eigenvalue weighted by atomic mass is 32.1. The molecule has 2 unspecified atom stereocenters. The van der Waals surface area contributed by atoms with Crippen LogP contribution in [-0.4, -0.2) is 94.8 Å². The van der Waals surface area contributed by atoms with Gasteiger partial charge in [-0.15, -0.1) is 0 Å². The van der Waals surface area contributed by atoms with Crippen molar-refractivity contribution in [2.24, 2.45) is 5.73 Å². The molecule has 0 bridgehead atoms. The van der Waals surface area contributed by atoms with E-state index in [0.29, 0.717) is 5.56 Å². The lowest BCUT2D eigenvalue weighted by Gasteiger charge is -2.31. The zero-order chi connectivity index (χ0) is 32.0. The predicted molar refractivity (Wildman–Crippen MR) is 142 cm³/mol. The quantitative estimate of drug-likeness (QED) is 0.0644. The third kappa shape index (κ3) is 6.81. The number of hydrogen-bond acceptors (Lipinski definition) is 18. The molecule has 44 heavy (non-hydrogen) atoms. The maximum atomic E-state index is 12.3. The number of pyridine rings is 1. The van der Waals surface area contributed by atoms with E-state index in [1.807, 2.05) is 0 Å². The lowest BCUT2D eigenvalue weighted by atomic mass is 10.1. The van der Waals surface area contributed by atoms with E-state index in [2.05, 4.69) is 28.3 Å². The van der Waals surface area contributed by atoms with Crippen molar-refractivity contribution >= 4 is 49.8 Å². The molecule has 5 rings (SSSR count). The third-order valence-corrected chi connectivity index (χ3v) is 9.50. The van der Waals surface area contributed by atoms with Gasteiger partial charge in [0.1, 0.15) is 47.4 Å². The average Bonchev–Trinajstić information content (AvgIpc) is 3.61. The van der Waals surface area contributed by atoms with E-state index in [-0.39, 0.29) is 22.0 Å². The Morgan fingerprint density at radius 1 is 1.02 bits per heavy atom. The number of thiocarbonyl (C=S) groups is 1. The van der Waals surface area contributed by atoms with Gasteiger partial charge in [-0.3, -0.25) is 13.7 Å². The van der Waals surface area contributed by atoms with Gasteiger partial charge in [0.15, 0.2) is 36.2 Å². The van der Waals surface area contributed by atoms with Gasteiger partial charge < -0.3 is 60.2 Å². The summed E-state index contributed by atoms with van der Waals surface area (Å²) in [4.78, 5) is 36.4. The molecule has 3 aromatic heterocycles. The summed E-state index contributed by atoms with van der Waals surface area (Å²) in [6.07, 6.45) is -6.64. The van der Waals surface area contributed by atoms with Crippen LogP contribution in [0.15, 0.2) is 37.2 Å². The molecule has 20 nitrogen and oxygen atoms in total. The number of nitrogen functional groups attached to an aromatic ring is 1. The Morgan fingerprint density at radius 2 is 1.66 bits per heavy atom. The number of ether oxygens (including phenoxy) is 2. The highest BCUT2D eigenvalue weighted by molar-refractivity contribution is 7.80. The molecule has 0 spiro atoms. The van der Waals surface area contributed by atoms with Crippen LogP contribution in [0.5, 0.6) is 0 Å². The summed E-state index contributed by atoms with van der Waals surface area (Å²) in [6.45, 7) is -1.92. The minimum atomic E-state index is -5.66. The fourth-order valence-electron chi connectivity index (χ4n) is 4.56. The second-order valence-electron chi connectivity index (χ2n) is 9.65. The molecule has 0 aromatic carbocycles. The number of phosphoric acid groups is 2. The van der Waals surface area contributed by atoms with Crippen molar-refractivity contribution in [1.82, 2.24) is 19.5 Å². The van der Waals surface area contributed by atoms with Crippen molar-refractivity contribution in [3.05, 3.63) is 42.7 Å². The number of aliphatic hydroxyl groups excluding tert-OH is 4. The fourth-order valence-corrected chi connectivity index (χ4v) is 6.70. The van der Waals surface area contributed by atoms with Crippen molar-refractivity contribution < 1.29 is 66.7 Å². The second kappa shape index (κ2) is 12.7. The topological polar surface area (TPSA) is 307 Å². The van der Waals surface area contributed by atoms with Gasteiger partial charge in [0.2, 0.25) is 0 Å². The van der Waals surface area contributed by atoms with E-state index in [1.54, 1.807) is 12.1 Å². The Labute approximate surface area is 252 Å². The first-order chi connectivity index (χ1) is 20.7. The summed E-state index contributed by atoms with van der Waals surface area (Å²) in [6, 6.07) is 3.15. The van der Waals surface area contributed by atoms with E-state index in [9.17, 15) is 39.3 Å². The number of nitrogens with two attached hydrogens (primary N) is 2. The number of fused-ring (bicyclic) bond motifs is 1. The normalized spacial score (nSPS) is 31.6. The Kier molecular flexibility index (Phi) is 9.44. The molecule has 0 amide bonds. The summed E-state index contributed by atoms with van der Waals surface area (Å²) in [5.41, 5.74) is 12.1. The Bertz CT molecular complexity index is 1630. The average molecular weight is 678 g/mol. The molecule has 3 aromatic rings. The zero-order valence-corrected chi connectivity index (χ0v) is 24.8. The Hall–Kier alpha value is -2.59. The van der Waals surface area contributed by atoms with Crippen LogP contribution < -0.4 is 25.8 Å². The van der Waals surface area contributed by atoms with Crippen LogP contribution in [0.3, 0.4) is 0 Å². The van der Waals surface area contributed by atoms with E-state index < -0.39 is 77.9 Å². The molecule has 2 aliphatic rings. The van der Waals surface area contributed by atoms with Crippen molar-refractivity contribution in [2.75, 3.05) is 18.9 Å². The minimum Gasteiger partial charge on any atom is -0.756 e. The molecule has 8 N–H and O–H groups in total. The van der Waals surface area contributed by atoms with E-state index in [1.165, 1.54) is 27.9 Å². The number of nitrogens with zero attached hydrogens (tertiary/aromatic N) is 5. The number of imidazole rings is 1. The van der Waals surface area contributed by atoms with Gasteiger partial charge in [-0.25, -0.2) is 19.3 Å². The smallest absolute Gasteiger partial charge is 0.292 e. The number of phosphoric ester groups is 2. The maximum absolute atomic E-state index is 12.3. The van der Waals surface area contributed by atoms with Gasteiger partial charge >= 0.3 is 0 Å². The standard InChI is InChI=1S/C21H27N7O13P2S/c22-17-12-19(25-7-24-17)28(8-26-12)21-16(32)14(30)11(40-21)6-38-43(35,36)41-42(33,34)37-5-10-13(29)15(31)20(39-10)27-3-1-2-9(4-27)18(23)44/h1-4,7-8,10-11,13-16,20-21,29-32H,5-6H2,(H5-,22,23,24,25,33,34,35,36,44)/p-1/t10-,11-,13-,14-,15-,16-,20-,21-/m1/s1. The number of hydrogen-bond donors (Lipinski definition) is 6. The highest BCUT2D eigenvalue weighted by Gasteiger charge is 2.49. The molecule has 240 valence electrons. The van der Waals surface area contributed by atoms with Gasteiger partial charge in [0, 0.05) is 6.07 Å². The first-order valence-corrected chi connectivity index (χ1v) is 15.9. The second-order valence-corrected chi connectivity index (χ2v) is 13.0. The Balaban J connectivity index is 1.16. The molecule has 0 radical (unpaired) electrons. The van der Waals surface area contributed by atoms with Crippen molar-refractivity contribution in [2.45, 2.75) is 49.1 Å². The number of aliphatic hydroxyl groups is 4. The molecule has 2 saturated heterocycles. The molecule has 23 heteroatoms. The molecule has 2 aliphatic heterocycles. The summed E-state index contributed by atoms with van der Waals surface area (Å²) in [5.74, 6) is 0.0432. The number of rotatable bonds is 11. The fraction of sp³-hybridized carbons (Fsp3) is 0.476. The van der Waals surface area contributed by atoms with Gasteiger partial charge in [0.05, 0.1) is 25.1 Å². The van der Waals surface area contributed by atoms with Crippen molar-refractivity contribution in [3.63, 3.8) is 0 Å². The van der Waals surface area contributed by atoms with Gasteiger partial charge in [-0.2, -0.15) is 4.57 Å². The molecule has 5 heterocycles. The summed E-state index contributed by atoms with van der Waals surface area (Å²) >= 11 is 4.91. The molecular weight excluding hydrogens is 652 g/mol.